The Morgan fingerprint density at radius 2 is 2.28 bits per heavy atom. The maximum Gasteiger partial charge on any atom is 0.0522 e. The fourth-order valence-electron chi connectivity index (χ4n) is 3.08. The van der Waals surface area contributed by atoms with E-state index < -0.39 is 0 Å². The molecule has 4 heteroatoms. The van der Waals surface area contributed by atoms with E-state index in [0.29, 0.717) is 6.04 Å². The van der Waals surface area contributed by atoms with Gasteiger partial charge in [0.25, 0.3) is 0 Å². The third-order valence-electron chi connectivity index (χ3n) is 4.27. The predicted molar refractivity (Wildman–Crippen MR) is 72.5 cm³/mol. The van der Waals surface area contributed by atoms with Gasteiger partial charge in [0.15, 0.2) is 0 Å². The van der Waals surface area contributed by atoms with E-state index in [1.54, 1.807) is 0 Å². The molecule has 1 saturated carbocycles. The molecule has 3 rings (SSSR count). The zero-order valence-electron chi connectivity index (χ0n) is 11.5. The summed E-state index contributed by atoms with van der Waals surface area (Å²) >= 11 is 0. The highest BCUT2D eigenvalue weighted by Gasteiger charge is 2.37. The third-order valence-corrected chi connectivity index (χ3v) is 4.27. The monoisotopic (exact) mass is 248 g/mol. The summed E-state index contributed by atoms with van der Waals surface area (Å²) in [5, 5.41) is 7.88. The lowest BCUT2D eigenvalue weighted by atomic mass is 10.0. The summed E-state index contributed by atoms with van der Waals surface area (Å²) in [5.74, 6) is 0.957. The van der Waals surface area contributed by atoms with Crippen LogP contribution in [0.4, 0.5) is 0 Å². The van der Waals surface area contributed by atoms with Crippen LogP contribution >= 0.6 is 0 Å². The molecule has 1 aromatic heterocycles. The quantitative estimate of drug-likeness (QED) is 0.864. The van der Waals surface area contributed by atoms with Crippen molar-refractivity contribution >= 4 is 0 Å². The van der Waals surface area contributed by atoms with Crippen molar-refractivity contribution in [3.63, 3.8) is 0 Å². The Bertz CT molecular complexity index is 396. The molecular formula is C14H24N4. The van der Waals surface area contributed by atoms with Crippen LogP contribution in [0.15, 0.2) is 12.4 Å². The van der Waals surface area contributed by atoms with Crippen molar-refractivity contribution in [2.45, 2.75) is 38.3 Å². The van der Waals surface area contributed by atoms with Gasteiger partial charge in [0.1, 0.15) is 0 Å². The van der Waals surface area contributed by atoms with Crippen LogP contribution in [0.2, 0.25) is 0 Å². The second-order valence-electron chi connectivity index (χ2n) is 5.98. The van der Waals surface area contributed by atoms with Gasteiger partial charge in [0, 0.05) is 45.0 Å². The summed E-state index contributed by atoms with van der Waals surface area (Å²) in [4.78, 5) is 2.70. The average Bonchev–Trinajstić information content (AvgIpc) is 3.10. The minimum atomic E-state index is 0.633. The predicted octanol–water partition coefficient (Wildman–Crippen LogP) is 1.03. The van der Waals surface area contributed by atoms with Gasteiger partial charge in [0.05, 0.1) is 6.20 Å². The first-order valence-corrected chi connectivity index (χ1v) is 7.17. The number of hydrogen-bond acceptors (Lipinski definition) is 3. The minimum Gasteiger partial charge on any atom is -0.311 e. The fourth-order valence-corrected chi connectivity index (χ4v) is 3.08. The molecule has 0 radical (unpaired) electrons. The molecule has 100 valence electrons. The Kier molecular flexibility index (Phi) is 3.39. The van der Waals surface area contributed by atoms with Gasteiger partial charge in [-0.2, -0.15) is 5.10 Å². The van der Waals surface area contributed by atoms with Crippen LogP contribution in [-0.2, 0) is 13.5 Å². The largest absolute Gasteiger partial charge is 0.311 e. The van der Waals surface area contributed by atoms with Crippen LogP contribution < -0.4 is 5.32 Å². The van der Waals surface area contributed by atoms with E-state index in [9.17, 15) is 0 Å². The molecule has 2 unspecified atom stereocenters. The number of nitrogens with zero attached hydrogens (tertiary/aromatic N) is 3. The summed E-state index contributed by atoms with van der Waals surface area (Å²) in [7, 11) is 1.99. The summed E-state index contributed by atoms with van der Waals surface area (Å²) in [6, 6.07) is 1.41. The lowest BCUT2D eigenvalue weighted by Gasteiger charge is -2.39. The lowest BCUT2D eigenvalue weighted by molar-refractivity contribution is 0.121. The zero-order chi connectivity index (χ0) is 12.5. The minimum absolute atomic E-state index is 0.633. The summed E-state index contributed by atoms with van der Waals surface area (Å²) in [6.07, 6.45) is 8.13. The molecule has 1 aliphatic carbocycles. The number of rotatable bonds is 4. The van der Waals surface area contributed by atoms with Crippen molar-refractivity contribution in [3.8, 4) is 0 Å². The molecule has 2 atom stereocenters. The Balaban J connectivity index is 1.58. The molecule has 1 aliphatic heterocycles. The van der Waals surface area contributed by atoms with Gasteiger partial charge >= 0.3 is 0 Å². The van der Waals surface area contributed by atoms with E-state index in [1.807, 2.05) is 17.9 Å². The topological polar surface area (TPSA) is 33.1 Å². The maximum atomic E-state index is 4.25. The van der Waals surface area contributed by atoms with Crippen LogP contribution in [0.25, 0.3) is 0 Å². The molecule has 0 spiro atoms. The van der Waals surface area contributed by atoms with E-state index in [0.717, 1.165) is 18.4 Å². The van der Waals surface area contributed by atoms with Crippen molar-refractivity contribution in [1.82, 2.24) is 20.0 Å². The van der Waals surface area contributed by atoms with Crippen molar-refractivity contribution < 1.29 is 0 Å². The number of aromatic nitrogens is 2. The van der Waals surface area contributed by atoms with Gasteiger partial charge in [-0.25, -0.2) is 0 Å². The van der Waals surface area contributed by atoms with Crippen LogP contribution in [0.1, 0.15) is 25.3 Å². The van der Waals surface area contributed by atoms with Crippen molar-refractivity contribution in [3.05, 3.63) is 18.0 Å². The van der Waals surface area contributed by atoms with E-state index in [-0.39, 0.29) is 0 Å². The van der Waals surface area contributed by atoms with Crippen molar-refractivity contribution in [2.24, 2.45) is 13.0 Å². The van der Waals surface area contributed by atoms with E-state index >= 15 is 0 Å². The van der Waals surface area contributed by atoms with E-state index in [4.69, 9.17) is 0 Å². The van der Waals surface area contributed by atoms with E-state index in [1.165, 1.54) is 38.0 Å². The standard InChI is InChI=1S/C14H24N4/c1-11-9-18(14(8-15-11)13-3-4-13)6-5-12-7-16-17(2)10-12/h7,10-11,13-15H,3-6,8-9H2,1-2H3. The van der Waals surface area contributed by atoms with Gasteiger partial charge in [0.2, 0.25) is 0 Å². The smallest absolute Gasteiger partial charge is 0.0522 e. The molecule has 0 bridgehead atoms. The molecule has 2 fully saturated rings. The number of aryl methyl sites for hydroxylation is 1. The Labute approximate surface area is 109 Å². The van der Waals surface area contributed by atoms with Crippen LogP contribution in [0, 0.1) is 5.92 Å². The van der Waals surface area contributed by atoms with Crippen LogP contribution in [-0.4, -0.2) is 46.4 Å². The Morgan fingerprint density at radius 1 is 1.44 bits per heavy atom. The highest BCUT2D eigenvalue weighted by molar-refractivity contribution is 5.05. The zero-order valence-corrected chi connectivity index (χ0v) is 11.5. The molecule has 1 N–H and O–H groups in total. The molecule has 1 aromatic rings. The first-order chi connectivity index (χ1) is 8.72. The lowest BCUT2D eigenvalue weighted by Crippen LogP contribution is -2.56. The summed E-state index contributed by atoms with van der Waals surface area (Å²) < 4.78 is 1.90. The fraction of sp³-hybridized carbons (Fsp3) is 0.786. The van der Waals surface area contributed by atoms with Crippen molar-refractivity contribution in [1.29, 1.82) is 0 Å². The van der Waals surface area contributed by atoms with Crippen molar-refractivity contribution in [2.75, 3.05) is 19.6 Å². The number of piperazine rings is 1. The number of nitrogens with one attached hydrogen (secondary N) is 1. The molecule has 4 nitrogen and oxygen atoms in total. The molecule has 0 aromatic carbocycles. The second kappa shape index (κ2) is 5.02. The highest BCUT2D eigenvalue weighted by atomic mass is 15.2. The van der Waals surface area contributed by atoms with Crippen LogP contribution in [0.5, 0.6) is 0 Å². The summed E-state index contributed by atoms with van der Waals surface area (Å²) in [6.45, 7) is 5.85. The molecule has 2 aliphatic rings. The maximum absolute atomic E-state index is 4.25. The third kappa shape index (κ3) is 2.75. The first-order valence-electron chi connectivity index (χ1n) is 7.17. The van der Waals surface area contributed by atoms with Gasteiger partial charge in [-0.15, -0.1) is 0 Å². The van der Waals surface area contributed by atoms with Gasteiger partial charge in [-0.3, -0.25) is 9.58 Å². The Hall–Kier alpha value is -0.870. The van der Waals surface area contributed by atoms with Gasteiger partial charge in [-0.1, -0.05) is 0 Å². The molecular weight excluding hydrogens is 224 g/mol. The SMILES string of the molecule is CC1CN(CCc2cnn(C)c2)C(C2CC2)CN1. The normalized spacial score (nSPS) is 29.7. The second-order valence-corrected chi connectivity index (χ2v) is 5.98. The molecule has 0 amide bonds. The molecule has 18 heavy (non-hydrogen) atoms. The summed E-state index contributed by atoms with van der Waals surface area (Å²) in [5.41, 5.74) is 1.36. The van der Waals surface area contributed by atoms with Gasteiger partial charge in [-0.05, 0) is 37.7 Å². The highest BCUT2D eigenvalue weighted by Crippen LogP contribution is 2.36. The van der Waals surface area contributed by atoms with E-state index in [2.05, 4.69) is 28.4 Å². The Morgan fingerprint density at radius 3 is 2.94 bits per heavy atom. The number of hydrogen-bond donors (Lipinski definition) is 1. The molecule has 2 heterocycles. The average molecular weight is 248 g/mol. The first kappa shape index (κ1) is 12.2. The van der Waals surface area contributed by atoms with Gasteiger partial charge < -0.3 is 5.32 Å². The van der Waals surface area contributed by atoms with Crippen LogP contribution in [0.3, 0.4) is 0 Å². The molecule has 1 saturated heterocycles.